The van der Waals surface area contributed by atoms with E-state index in [1.165, 1.54) is 0 Å². The lowest BCUT2D eigenvalue weighted by atomic mass is 10.2. The van der Waals surface area contributed by atoms with Crippen molar-refractivity contribution < 1.29 is 4.74 Å². The van der Waals surface area contributed by atoms with Crippen LogP contribution in [0.2, 0.25) is 0 Å². The summed E-state index contributed by atoms with van der Waals surface area (Å²) in [6, 6.07) is 18.3. The molecule has 3 rings (SSSR count). The molecule has 2 heteroatoms. The molecule has 2 aromatic carbocycles. The summed E-state index contributed by atoms with van der Waals surface area (Å²) in [7, 11) is 0. The van der Waals surface area contributed by atoms with Gasteiger partial charge in [-0.3, -0.25) is 0 Å². The predicted octanol–water partition coefficient (Wildman–Crippen LogP) is 4.18. The molecule has 0 spiro atoms. The van der Waals surface area contributed by atoms with Crippen LogP contribution in [0.15, 0.2) is 72.6 Å². The summed E-state index contributed by atoms with van der Waals surface area (Å²) in [5, 5.41) is 3.31. The molecule has 2 aromatic rings. The minimum absolute atomic E-state index is 0.565. The zero-order valence-corrected chi connectivity index (χ0v) is 10.5. The maximum atomic E-state index is 5.80. The van der Waals surface area contributed by atoms with Crippen LogP contribution in [0, 0.1) is 0 Å². The van der Waals surface area contributed by atoms with Gasteiger partial charge in [0.1, 0.15) is 6.61 Å². The number of nitrogens with one attached hydrogen (secondary N) is 1. The number of rotatable bonds is 3. The van der Waals surface area contributed by atoms with Gasteiger partial charge in [-0.05, 0) is 23.3 Å². The first-order valence-corrected chi connectivity index (χ1v) is 6.33. The topological polar surface area (TPSA) is 21.3 Å². The normalized spacial score (nSPS) is 12.9. The Morgan fingerprint density at radius 1 is 0.895 bits per heavy atom. The SMILES string of the molecule is C1=Cc2ccccc2NC(OCc2ccccc2)=C1. The van der Waals surface area contributed by atoms with Gasteiger partial charge in [0.05, 0.1) is 0 Å². The first-order valence-electron chi connectivity index (χ1n) is 6.33. The number of fused-ring (bicyclic) bond motifs is 1. The first kappa shape index (κ1) is 11.6. The number of hydrogen-bond acceptors (Lipinski definition) is 2. The molecule has 0 fully saturated rings. The van der Waals surface area contributed by atoms with Crippen molar-refractivity contribution in [2.24, 2.45) is 0 Å². The van der Waals surface area contributed by atoms with E-state index in [-0.39, 0.29) is 0 Å². The van der Waals surface area contributed by atoms with Crippen LogP contribution in [0.1, 0.15) is 11.1 Å². The Morgan fingerprint density at radius 2 is 1.68 bits per heavy atom. The number of anilines is 1. The van der Waals surface area contributed by atoms with Crippen molar-refractivity contribution in [2.45, 2.75) is 6.61 Å². The van der Waals surface area contributed by atoms with Gasteiger partial charge in [-0.2, -0.15) is 0 Å². The average Bonchev–Trinajstić information content (AvgIpc) is 2.68. The zero-order chi connectivity index (χ0) is 12.9. The molecular formula is C17H15NO. The standard InChI is InChI=1S/C17H15NO/c1-2-7-14(8-3-1)13-19-17-12-6-10-15-9-4-5-11-16(15)18-17/h1-12,18H,13H2. The van der Waals surface area contributed by atoms with Crippen LogP contribution in [-0.2, 0) is 11.3 Å². The maximum absolute atomic E-state index is 5.80. The van der Waals surface area contributed by atoms with Gasteiger partial charge in [0, 0.05) is 5.69 Å². The zero-order valence-electron chi connectivity index (χ0n) is 10.5. The molecule has 19 heavy (non-hydrogen) atoms. The Balaban J connectivity index is 1.70. The molecule has 1 N–H and O–H groups in total. The number of para-hydroxylation sites is 1. The highest BCUT2D eigenvalue weighted by atomic mass is 16.5. The molecular weight excluding hydrogens is 234 g/mol. The second-order valence-electron chi connectivity index (χ2n) is 4.38. The van der Waals surface area contributed by atoms with Gasteiger partial charge in [0.2, 0.25) is 0 Å². The van der Waals surface area contributed by atoms with Crippen LogP contribution in [0.25, 0.3) is 6.08 Å². The van der Waals surface area contributed by atoms with E-state index in [9.17, 15) is 0 Å². The van der Waals surface area contributed by atoms with E-state index < -0.39 is 0 Å². The summed E-state index contributed by atoms with van der Waals surface area (Å²) in [4.78, 5) is 0. The molecule has 1 heterocycles. The lowest BCUT2D eigenvalue weighted by Crippen LogP contribution is -2.04. The third-order valence-corrected chi connectivity index (χ3v) is 2.98. The van der Waals surface area contributed by atoms with Crippen LogP contribution in [0.5, 0.6) is 0 Å². The molecule has 0 aliphatic carbocycles. The Morgan fingerprint density at radius 3 is 2.58 bits per heavy atom. The van der Waals surface area contributed by atoms with Crippen molar-refractivity contribution in [3.8, 4) is 0 Å². The molecule has 1 aliphatic heterocycles. The molecule has 0 saturated heterocycles. The summed E-state index contributed by atoms with van der Waals surface area (Å²) >= 11 is 0. The van der Waals surface area contributed by atoms with Crippen molar-refractivity contribution in [2.75, 3.05) is 5.32 Å². The number of hydrogen-bond donors (Lipinski definition) is 1. The molecule has 1 aliphatic rings. The molecule has 0 bridgehead atoms. The summed E-state index contributed by atoms with van der Waals surface area (Å²) in [6.07, 6.45) is 6.02. The van der Waals surface area contributed by atoms with E-state index in [1.807, 2.05) is 48.6 Å². The molecule has 0 radical (unpaired) electrons. The van der Waals surface area contributed by atoms with Crippen molar-refractivity contribution in [1.82, 2.24) is 0 Å². The Hall–Kier alpha value is -2.48. The lowest BCUT2D eigenvalue weighted by molar-refractivity contribution is 0.204. The summed E-state index contributed by atoms with van der Waals surface area (Å²) in [6.45, 7) is 0.565. The number of allylic oxidation sites excluding steroid dienone is 2. The summed E-state index contributed by atoms with van der Waals surface area (Å²) in [5.41, 5.74) is 3.39. The van der Waals surface area contributed by atoms with Crippen LogP contribution < -0.4 is 5.32 Å². The van der Waals surface area contributed by atoms with E-state index in [1.54, 1.807) is 0 Å². The van der Waals surface area contributed by atoms with Gasteiger partial charge in [-0.25, -0.2) is 0 Å². The van der Waals surface area contributed by atoms with Gasteiger partial charge in [0.25, 0.3) is 0 Å². The second-order valence-corrected chi connectivity index (χ2v) is 4.38. The van der Waals surface area contributed by atoms with Gasteiger partial charge in [-0.1, -0.05) is 60.7 Å². The predicted molar refractivity (Wildman–Crippen MR) is 78.4 cm³/mol. The first-order chi connectivity index (χ1) is 9.42. The highest BCUT2D eigenvalue weighted by Gasteiger charge is 2.05. The molecule has 0 saturated carbocycles. The van der Waals surface area contributed by atoms with Gasteiger partial charge < -0.3 is 10.1 Å². The Labute approximate surface area is 113 Å². The van der Waals surface area contributed by atoms with Crippen molar-refractivity contribution >= 4 is 11.8 Å². The quantitative estimate of drug-likeness (QED) is 0.881. The van der Waals surface area contributed by atoms with E-state index in [4.69, 9.17) is 4.74 Å². The van der Waals surface area contributed by atoms with Crippen LogP contribution >= 0.6 is 0 Å². The highest BCUT2D eigenvalue weighted by Crippen LogP contribution is 2.22. The minimum Gasteiger partial charge on any atom is -0.474 e. The van der Waals surface area contributed by atoms with Crippen molar-refractivity contribution in [1.29, 1.82) is 0 Å². The van der Waals surface area contributed by atoms with Crippen molar-refractivity contribution in [3.05, 3.63) is 83.8 Å². The van der Waals surface area contributed by atoms with Gasteiger partial charge >= 0.3 is 0 Å². The number of ether oxygens (including phenoxy) is 1. The minimum atomic E-state index is 0.565. The molecule has 0 unspecified atom stereocenters. The highest BCUT2D eigenvalue weighted by molar-refractivity contribution is 5.70. The molecule has 0 aromatic heterocycles. The van der Waals surface area contributed by atoms with Crippen LogP contribution in [-0.4, -0.2) is 0 Å². The fraction of sp³-hybridized carbons (Fsp3) is 0.0588. The monoisotopic (exact) mass is 249 g/mol. The average molecular weight is 249 g/mol. The van der Waals surface area contributed by atoms with E-state index >= 15 is 0 Å². The van der Waals surface area contributed by atoms with Crippen molar-refractivity contribution in [3.63, 3.8) is 0 Å². The van der Waals surface area contributed by atoms with Crippen LogP contribution in [0.3, 0.4) is 0 Å². The third kappa shape index (κ3) is 2.86. The molecule has 0 atom stereocenters. The molecule has 2 nitrogen and oxygen atoms in total. The van der Waals surface area contributed by atoms with Crippen LogP contribution in [0.4, 0.5) is 5.69 Å². The third-order valence-electron chi connectivity index (χ3n) is 2.98. The maximum Gasteiger partial charge on any atom is 0.191 e. The van der Waals surface area contributed by atoms with E-state index in [0.29, 0.717) is 6.61 Å². The Kier molecular flexibility index (Phi) is 3.32. The second kappa shape index (κ2) is 5.44. The largest absolute Gasteiger partial charge is 0.474 e. The van der Waals surface area contributed by atoms with Gasteiger partial charge in [0.15, 0.2) is 5.88 Å². The summed E-state index contributed by atoms with van der Waals surface area (Å²) < 4.78 is 5.80. The van der Waals surface area contributed by atoms with Gasteiger partial charge in [-0.15, -0.1) is 0 Å². The fourth-order valence-electron chi connectivity index (χ4n) is 1.99. The summed E-state index contributed by atoms with van der Waals surface area (Å²) in [5.74, 6) is 0.769. The lowest BCUT2D eigenvalue weighted by Gasteiger charge is -2.13. The molecule has 94 valence electrons. The van der Waals surface area contributed by atoms with E-state index in [2.05, 4.69) is 29.6 Å². The smallest absolute Gasteiger partial charge is 0.191 e. The Bertz CT molecular complexity index is 614. The molecule has 0 amide bonds. The van der Waals surface area contributed by atoms with E-state index in [0.717, 1.165) is 22.7 Å². The fourth-order valence-corrected chi connectivity index (χ4v) is 1.99. The number of benzene rings is 2.